The van der Waals surface area contributed by atoms with Crippen molar-refractivity contribution >= 4 is 5.90 Å². The summed E-state index contributed by atoms with van der Waals surface area (Å²) >= 11 is 0. The topological polar surface area (TPSA) is 48.2 Å². The van der Waals surface area contributed by atoms with Crippen molar-refractivity contribution in [1.82, 2.24) is 10.3 Å². The number of nitrogens with zero attached hydrogens (tertiary/aromatic N) is 2. The molecular formula is C18H20N3O+. The van der Waals surface area contributed by atoms with Gasteiger partial charge in [0.25, 0.3) is 11.7 Å². The third kappa shape index (κ3) is 2.48. The highest BCUT2D eigenvalue weighted by Crippen LogP contribution is 2.31. The first-order valence-electron chi connectivity index (χ1n) is 7.26. The van der Waals surface area contributed by atoms with Crippen LogP contribution in [0.15, 0.2) is 61.2 Å². The molecule has 0 amide bonds. The quantitative estimate of drug-likeness (QED) is 0.837. The van der Waals surface area contributed by atoms with Gasteiger partial charge in [0.1, 0.15) is 5.54 Å². The Morgan fingerprint density at radius 2 is 2.05 bits per heavy atom. The van der Waals surface area contributed by atoms with Crippen LogP contribution in [0.3, 0.4) is 0 Å². The number of aliphatic hydroxyl groups is 1. The van der Waals surface area contributed by atoms with Crippen LogP contribution in [0.1, 0.15) is 18.9 Å². The molecule has 4 heteroatoms. The van der Waals surface area contributed by atoms with Crippen LogP contribution in [0.5, 0.6) is 0 Å². The van der Waals surface area contributed by atoms with Crippen LogP contribution >= 0.6 is 0 Å². The molecule has 0 unspecified atom stereocenters. The smallest absolute Gasteiger partial charge is 0.270 e. The molecule has 0 saturated carbocycles. The number of nitrogens with one attached hydrogen (secondary N) is 1. The molecule has 3 rings (SSSR count). The molecule has 1 aromatic carbocycles. The highest BCUT2D eigenvalue weighted by atomic mass is 16.3. The minimum atomic E-state index is -0.383. The molecular weight excluding hydrogens is 274 g/mol. The maximum atomic E-state index is 10.2. The van der Waals surface area contributed by atoms with Gasteiger partial charge in [0.05, 0.1) is 13.5 Å². The lowest BCUT2D eigenvalue weighted by Crippen LogP contribution is -2.48. The van der Waals surface area contributed by atoms with Crippen LogP contribution in [0.25, 0.3) is 11.1 Å². The Morgan fingerprint density at radius 1 is 1.27 bits per heavy atom. The molecule has 0 spiro atoms. The molecule has 0 aliphatic carbocycles. The van der Waals surface area contributed by atoms with Gasteiger partial charge in [-0.3, -0.25) is 10.3 Å². The maximum Gasteiger partial charge on any atom is 0.270 e. The number of pyridine rings is 1. The third-order valence-corrected chi connectivity index (χ3v) is 4.22. The first kappa shape index (κ1) is 14.3. The van der Waals surface area contributed by atoms with Crippen molar-refractivity contribution in [2.75, 3.05) is 7.05 Å². The molecule has 0 radical (unpaired) electrons. The summed E-state index contributed by atoms with van der Waals surface area (Å²) in [5.74, 6) is 1.01. The van der Waals surface area contributed by atoms with E-state index in [-0.39, 0.29) is 5.54 Å². The predicted octanol–water partition coefficient (Wildman–Crippen LogP) is 3.03. The van der Waals surface area contributed by atoms with E-state index in [1.807, 2.05) is 24.4 Å². The van der Waals surface area contributed by atoms with Gasteiger partial charge in [-0.25, -0.2) is 4.58 Å². The Balaban J connectivity index is 2.01. The van der Waals surface area contributed by atoms with Crippen molar-refractivity contribution in [2.45, 2.75) is 18.9 Å². The largest absolute Gasteiger partial charge is 0.481 e. The molecule has 0 bridgehead atoms. The van der Waals surface area contributed by atoms with Crippen LogP contribution in [0, 0.1) is 0 Å². The summed E-state index contributed by atoms with van der Waals surface area (Å²) < 4.78 is 1.67. The first-order chi connectivity index (χ1) is 10.5. The number of benzene rings is 1. The number of hydrogen-bond acceptors (Lipinski definition) is 2. The lowest BCUT2D eigenvalue weighted by atomic mass is 9.86. The zero-order chi connectivity index (χ0) is 15.7. The average molecular weight is 294 g/mol. The fraction of sp³-hybridized carbons (Fsp3) is 0.222. The molecule has 2 heterocycles. The van der Waals surface area contributed by atoms with Gasteiger partial charge < -0.3 is 5.11 Å². The van der Waals surface area contributed by atoms with Gasteiger partial charge >= 0.3 is 0 Å². The van der Waals surface area contributed by atoms with Gasteiger partial charge in [-0.15, -0.1) is 0 Å². The monoisotopic (exact) mass is 294 g/mol. The highest BCUT2D eigenvalue weighted by Gasteiger charge is 2.39. The second kappa shape index (κ2) is 5.30. The van der Waals surface area contributed by atoms with Crippen LogP contribution in [-0.4, -0.2) is 27.6 Å². The van der Waals surface area contributed by atoms with E-state index in [0.29, 0.717) is 18.1 Å². The lowest BCUT2D eigenvalue weighted by Gasteiger charge is -2.31. The highest BCUT2D eigenvalue weighted by molar-refractivity contribution is 5.72. The van der Waals surface area contributed by atoms with E-state index in [1.165, 1.54) is 0 Å². The average Bonchev–Trinajstić information content (AvgIpc) is 2.53. The van der Waals surface area contributed by atoms with E-state index in [1.54, 1.807) is 17.8 Å². The minimum absolute atomic E-state index is 0.318. The zero-order valence-electron chi connectivity index (χ0n) is 12.9. The Morgan fingerprint density at radius 3 is 2.73 bits per heavy atom. The molecule has 1 atom stereocenters. The Hall–Kier alpha value is -2.62. The van der Waals surface area contributed by atoms with E-state index >= 15 is 0 Å². The van der Waals surface area contributed by atoms with Gasteiger partial charge in [0, 0.05) is 18.0 Å². The first-order valence-corrected chi connectivity index (χ1v) is 7.26. The predicted molar refractivity (Wildman–Crippen MR) is 87.7 cm³/mol. The Kier molecular flexibility index (Phi) is 3.45. The third-order valence-electron chi connectivity index (χ3n) is 4.22. The molecule has 4 nitrogen and oxygen atoms in total. The summed E-state index contributed by atoms with van der Waals surface area (Å²) in [4.78, 5) is 4.17. The van der Waals surface area contributed by atoms with E-state index in [9.17, 15) is 5.11 Å². The van der Waals surface area contributed by atoms with Gasteiger partial charge in [-0.05, 0) is 36.8 Å². The fourth-order valence-corrected chi connectivity index (χ4v) is 2.79. The summed E-state index contributed by atoms with van der Waals surface area (Å²) in [6.07, 6.45) is 4.13. The van der Waals surface area contributed by atoms with Gasteiger partial charge in [0.2, 0.25) is 0 Å². The molecule has 2 N–H and O–H groups in total. The number of aliphatic hydroxyl groups excluding tert-OH is 1. The van der Waals surface area contributed by atoms with E-state index < -0.39 is 0 Å². The van der Waals surface area contributed by atoms with Crippen molar-refractivity contribution in [3.05, 3.63) is 66.8 Å². The summed E-state index contributed by atoms with van der Waals surface area (Å²) in [5.41, 5.74) is 2.91. The molecule has 22 heavy (non-hydrogen) atoms. The van der Waals surface area contributed by atoms with E-state index in [0.717, 1.165) is 16.7 Å². The fourth-order valence-electron chi connectivity index (χ4n) is 2.79. The normalized spacial score (nSPS) is 21.6. The molecule has 0 saturated heterocycles. The number of rotatable bonds is 2. The second-order valence-corrected chi connectivity index (χ2v) is 5.88. The van der Waals surface area contributed by atoms with Crippen LogP contribution < -0.4 is 5.32 Å². The second-order valence-electron chi connectivity index (χ2n) is 5.88. The van der Waals surface area contributed by atoms with Gasteiger partial charge in [-0.2, -0.15) is 0 Å². The van der Waals surface area contributed by atoms with Crippen molar-refractivity contribution in [2.24, 2.45) is 0 Å². The van der Waals surface area contributed by atoms with Crippen molar-refractivity contribution < 1.29 is 9.68 Å². The summed E-state index contributed by atoms with van der Waals surface area (Å²) in [5, 5.41) is 13.6. The molecule has 1 aromatic heterocycles. The SMILES string of the molecule is C=C1N[C@](C)(c2cccc(-c3cccnc3)c2)CC(O)=[N+]1C. The maximum absolute atomic E-state index is 10.2. The molecule has 0 fully saturated rings. The zero-order valence-corrected chi connectivity index (χ0v) is 12.9. The van der Waals surface area contributed by atoms with Crippen molar-refractivity contribution in [1.29, 1.82) is 0 Å². The van der Waals surface area contributed by atoms with Crippen LogP contribution in [0.4, 0.5) is 0 Å². The Labute approximate surface area is 130 Å². The summed E-state index contributed by atoms with van der Waals surface area (Å²) in [7, 11) is 1.80. The van der Waals surface area contributed by atoms with Crippen molar-refractivity contribution in [3.63, 3.8) is 0 Å². The number of hydrogen-bond donors (Lipinski definition) is 2. The number of aromatic nitrogens is 1. The molecule has 112 valence electrons. The van der Waals surface area contributed by atoms with E-state index in [4.69, 9.17) is 0 Å². The van der Waals surface area contributed by atoms with E-state index in [2.05, 4.69) is 42.0 Å². The summed E-state index contributed by atoms with van der Waals surface area (Å²) in [6.45, 7) is 6.04. The molecule has 2 aromatic rings. The summed E-state index contributed by atoms with van der Waals surface area (Å²) in [6, 6.07) is 12.3. The molecule has 1 aliphatic heterocycles. The molecule has 1 aliphatic rings. The van der Waals surface area contributed by atoms with Crippen LogP contribution in [0.2, 0.25) is 0 Å². The van der Waals surface area contributed by atoms with Crippen molar-refractivity contribution in [3.8, 4) is 11.1 Å². The van der Waals surface area contributed by atoms with Gasteiger partial charge in [-0.1, -0.05) is 24.3 Å². The van der Waals surface area contributed by atoms with Crippen LogP contribution in [-0.2, 0) is 5.54 Å². The Bertz CT molecular complexity index is 752. The standard InChI is InChI=1S/C18H19N3O/c1-13-20-18(2,11-17(22)21(13)3)16-8-4-6-14(10-16)15-7-5-9-19-12-15/h4-10,12,20H,1,11H2,2-3H3/p+1/t18-/m0/s1. The van der Waals surface area contributed by atoms with Gasteiger partial charge in [0.15, 0.2) is 0 Å². The minimum Gasteiger partial charge on any atom is -0.481 e. The lowest BCUT2D eigenvalue weighted by molar-refractivity contribution is -0.468.